The lowest BCUT2D eigenvalue weighted by molar-refractivity contribution is 0.0695. The van der Waals surface area contributed by atoms with Crippen molar-refractivity contribution in [3.05, 3.63) is 26.4 Å². The van der Waals surface area contributed by atoms with Gasteiger partial charge in [-0.15, -0.1) is 0 Å². The van der Waals surface area contributed by atoms with E-state index in [4.69, 9.17) is 5.11 Å². The highest BCUT2D eigenvalue weighted by molar-refractivity contribution is 9.13. The number of aromatic carboxylic acids is 1. The zero-order valence-electron chi connectivity index (χ0n) is 6.14. The Morgan fingerprint density at radius 2 is 2.17 bits per heavy atom. The molecule has 0 aliphatic carbocycles. The van der Waals surface area contributed by atoms with Gasteiger partial charge in [-0.3, -0.25) is 0 Å². The van der Waals surface area contributed by atoms with E-state index in [-0.39, 0.29) is 5.56 Å². The molecule has 0 radical (unpaired) electrons. The van der Waals surface area contributed by atoms with Gasteiger partial charge in [-0.25, -0.2) is 9.78 Å². The first-order valence-electron chi connectivity index (χ1n) is 3.08. The maximum Gasteiger partial charge on any atom is 0.337 e. The van der Waals surface area contributed by atoms with E-state index in [1.54, 1.807) is 6.92 Å². The van der Waals surface area contributed by atoms with Crippen molar-refractivity contribution in [1.82, 2.24) is 4.98 Å². The highest BCUT2D eigenvalue weighted by Crippen LogP contribution is 2.23. The normalized spacial score (nSPS) is 9.92. The second kappa shape index (κ2) is 3.53. The van der Waals surface area contributed by atoms with Gasteiger partial charge in [0.1, 0.15) is 4.60 Å². The smallest absolute Gasteiger partial charge is 0.337 e. The van der Waals surface area contributed by atoms with Crippen LogP contribution in [0.3, 0.4) is 0 Å². The van der Waals surface area contributed by atoms with Crippen LogP contribution in [0.2, 0.25) is 0 Å². The Bertz CT molecular complexity index is 338. The molecule has 64 valence electrons. The summed E-state index contributed by atoms with van der Waals surface area (Å²) >= 11 is 6.35. The number of hydrogen-bond acceptors (Lipinski definition) is 2. The van der Waals surface area contributed by atoms with Crippen molar-refractivity contribution in [2.75, 3.05) is 0 Å². The summed E-state index contributed by atoms with van der Waals surface area (Å²) in [6.07, 6.45) is 0. The third-order valence-electron chi connectivity index (χ3n) is 1.35. The van der Waals surface area contributed by atoms with Crippen LogP contribution in [0.15, 0.2) is 15.1 Å². The van der Waals surface area contributed by atoms with Gasteiger partial charge in [0.15, 0.2) is 0 Å². The lowest BCUT2D eigenvalue weighted by Crippen LogP contribution is -2.02. The Kier molecular flexibility index (Phi) is 2.85. The first kappa shape index (κ1) is 9.67. The van der Waals surface area contributed by atoms with Crippen LogP contribution in [0.4, 0.5) is 0 Å². The Morgan fingerprint density at radius 3 is 2.67 bits per heavy atom. The lowest BCUT2D eigenvalue weighted by atomic mass is 10.2. The van der Waals surface area contributed by atoms with E-state index in [9.17, 15) is 4.79 Å². The Balaban J connectivity index is 3.33. The van der Waals surface area contributed by atoms with Gasteiger partial charge in [-0.2, -0.15) is 0 Å². The molecule has 1 aromatic rings. The van der Waals surface area contributed by atoms with Crippen molar-refractivity contribution in [2.45, 2.75) is 6.92 Å². The van der Waals surface area contributed by atoms with Crippen molar-refractivity contribution in [3.8, 4) is 0 Å². The Morgan fingerprint density at radius 1 is 1.58 bits per heavy atom. The molecule has 0 aliphatic heterocycles. The molecule has 0 fully saturated rings. The Labute approximate surface area is 86.1 Å². The van der Waals surface area contributed by atoms with Crippen LogP contribution in [0, 0.1) is 6.92 Å². The summed E-state index contributed by atoms with van der Waals surface area (Å²) in [5.41, 5.74) is 0.711. The predicted molar refractivity (Wildman–Crippen MR) is 51.3 cm³/mol. The number of carboxylic acids is 1. The minimum absolute atomic E-state index is 0.213. The maximum atomic E-state index is 10.6. The average Bonchev–Trinajstić information content (AvgIpc) is 1.96. The molecule has 3 nitrogen and oxygen atoms in total. The average molecular weight is 295 g/mol. The summed E-state index contributed by atoms with van der Waals surface area (Å²) in [6.45, 7) is 1.65. The van der Waals surface area contributed by atoms with Crippen molar-refractivity contribution in [3.63, 3.8) is 0 Å². The van der Waals surface area contributed by atoms with E-state index in [0.717, 1.165) is 0 Å². The summed E-state index contributed by atoms with van der Waals surface area (Å²) in [5.74, 6) is -0.965. The third kappa shape index (κ3) is 1.84. The first-order chi connectivity index (χ1) is 5.52. The fourth-order valence-electron chi connectivity index (χ4n) is 0.768. The van der Waals surface area contributed by atoms with Crippen LogP contribution in [0.1, 0.15) is 16.1 Å². The van der Waals surface area contributed by atoms with Gasteiger partial charge in [-0.1, -0.05) is 0 Å². The van der Waals surface area contributed by atoms with E-state index in [2.05, 4.69) is 36.8 Å². The molecule has 5 heteroatoms. The number of halogens is 2. The number of hydrogen-bond donors (Lipinski definition) is 1. The van der Waals surface area contributed by atoms with Crippen molar-refractivity contribution in [1.29, 1.82) is 0 Å². The quantitative estimate of drug-likeness (QED) is 0.810. The summed E-state index contributed by atoms with van der Waals surface area (Å²) in [4.78, 5) is 14.6. The van der Waals surface area contributed by atoms with E-state index in [1.807, 2.05) is 0 Å². The first-order valence-corrected chi connectivity index (χ1v) is 4.67. The molecule has 0 atom stereocenters. The van der Waals surface area contributed by atoms with Crippen LogP contribution < -0.4 is 0 Å². The van der Waals surface area contributed by atoms with E-state index >= 15 is 0 Å². The fraction of sp³-hybridized carbons (Fsp3) is 0.143. The zero-order valence-corrected chi connectivity index (χ0v) is 9.31. The van der Waals surface area contributed by atoms with Crippen molar-refractivity contribution < 1.29 is 9.90 Å². The van der Waals surface area contributed by atoms with Gasteiger partial charge in [0, 0.05) is 0 Å². The van der Waals surface area contributed by atoms with E-state index < -0.39 is 5.97 Å². The molecule has 1 N–H and O–H groups in total. The molecule has 0 saturated carbocycles. The SMILES string of the molecule is Cc1nc(Br)c(Br)cc1C(=O)O. The van der Waals surface area contributed by atoms with Gasteiger partial charge < -0.3 is 5.11 Å². The highest BCUT2D eigenvalue weighted by Gasteiger charge is 2.10. The molecule has 1 aromatic heterocycles. The number of aromatic nitrogens is 1. The standard InChI is InChI=1S/C7H5Br2NO2/c1-3-4(7(11)12)2-5(8)6(9)10-3/h2H,1H3,(H,11,12). The third-order valence-corrected chi connectivity index (χ3v) is 3.10. The maximum absolute atomic E-state index is 10.6. The Hall–Kier alpha value is -0.420. The second-order valence-corrected chi connectivity index (χ2v) is 3.80. The molecule has 0 saturated heterocycles. The largest absolute Gasteiger partial charge is 0.478 e. The molecule has 0 bridgehead atoms. The number of carboxylic acid groups (broad SMARTS) is 1. The topological polar surface area (TPSA) is 50.2 Å². The molecule has 1 heterocycles. The molecule has 0 spiro atoms. The molecule has 0 aromatic carbocycles. The minimum Gasteiger partial charge on any atom is -0.478 e. The van der Waals surface area contributed by atoms with Gasteiger partial charge in [0.05, 0.1) is 15.7 Å². The van der Waals surface area contributed by atoms with Crippen LogP contribution in [-0.4, -0.2) is 16.1 Å². The van der Waals surface area contributed by atoms with Crippen LogP contribution in [0.25, 0.3) is 0 Å². The molecule has 1 rings (SSSR count). The minimum atomic E-state index is -0.965. The number of carbonyl (C=O) groups is 1. The summed E-state index contributed by atoms with van der Waals surface area (Å²) < 4.78 is 1.26. The summed E-state index contributed by atoms with van der Waals surface area (Å²) in [7, 11) is 0. The number of pyridine rings is 1. The number of rotatable bonds is 1. The molecule has 0 aliphatic rings. The number of nitrogens with zero attached hydrogens (tertiary/aromatic N) is 1. The van der Waals surface area contributed by atoms with Crippen molar-refractivity contribution in [2.24, 2.45) is 0 Å². The van der Waals surface area contributed by atoms with E-state index in [1.165, 1.54) is 6.07 Å². The lowest BCUT2D eigenvalue weighted by Gasteiger charge is -2.01. The second-order valence-electron chi connectivity index (χ2n) is 2.20. The molecular formula is C7H5Br2NO2. The summed E-state index contributed by atoms with van der Waals surface area (Å²) in [6, 6.07) is 1.52. The molecule has 12 heavy (non-hydrogen) atoms. The molecular weight excluding hydrogens is 290 g/mol. The zero-order chi connectivity index (χ0) is 9.30. The molecule has 0 amide bonds. The number of aryl methyl sites for hydroxylation is 1. The van der Waals surface area contributed by atoms with Gasteiger partial charge in [0.25, 0.3) is 0 Å². The van der Waals surface area contributed by atoms with Crippen LogP contribution >= 0.6 is 31.9 Å². The predicted octanol–water partition coefficient (Wildman–Crippen LogP) is 2.61. The fourth-order valence-corrected chi connectivity index (χ4v) is 1.47. The van der Waals surface area contributed by atoms with Gasteiger partial charge >= 0.3 is 5.97 Å². The summed E-state index contributed by atoms with van der Waals surface area (Å²) in [5, 5.41) is 8.70. The monoisotopic (exact) mass is 293 g/mol. The van der Waals surface area contributed by atoms with Crippen LogP contribution in [0.5, 0.6) is 0 Å². The van der Waals surface area contributed by atoms with Crippen LogP contribution in [-0.2, 0) is 0 Å². The van der Waals surface area contributed by atoms with E-state index in [0.29, 0.717) is 14.8 Å². The highest BCUT2D eigenvalue weighted by atomic mass is 79.9. The van der Waals surface area contributed by atoms with Gasteiger partial charge in [-0.05, 0) is 44.8 Å². The van der Waals surface area contributed by atoms with Crippen molar-refractivity contribution >= 4 is 37.8 Å². The van der Waals surface area contributed by atoms with Gasteiger partial charge in [0.2, 0.25) is 0 Å². The molecule has 0 unspecified atom stereocenters.